The summed E-state index contributed by atoms with van der Waals surface area (Å²) in [6.45, 7) is 9.12. The molecule has 3 heterocycles. The van der Waals surface area contributed by atoms with Crippen molar-refractivity contribution < 1.29 is 4.74 Å². The number of nitrogens with zero attached hydrogens (tertiary/aromatic N) is 2. The Balaban J connectivity index is 1.60. The van der Waals surface area contributed by atoms with E-state index < -0.39 is 0 Å². The second-order valence-corrected chi connectivity index (χ2v) is 8.02. The Labute approximate surface area is 149 Å². The highest BCUT2D eigenvalue weighted by molar-refractivity contribution is 7.09. The molecule has 1 saturated heterocycles. The van der Waals surface area contributed by atoms with Crippen LogP contribution >= 0.6 is 11.3 Å². The SMILES string of the molecule is CCOCC1(CCc2cccs2)CCN(Cc2ccc(C)nc2)C1. The van der Waals surface area contributed by atoms with Crippen molar-refractivity contribution in [3.63, 3.8) is 0 Å². The molecule has 1 fully saturated rings. The second-order valence-electron chi connectivity index (χ2n) is 6.98. The molecule has 1 atom stereocenters. The highest BCUT2D eigenvalue weighted by Gasteiger charge is 2.37. The molecule has 2 aromatic heterocycles. The third kappa shape index (κ3) is 4.65. The minimum Gasteiger partial charge on any atom is -0.381 e. The van der Waals surface area contributed by atoms with E-state index in [0.29, 0.717) is 5.41 Å². The summed E-state index contributed by atoms with van der Waals surface area (Å²) in [5.41, 5.74) is 2.70. The molecule has 0 amide bonds. The van der Waals surface area contributed by atoms with Crippen molar-refractivity contribution in [1.29, 1.82) is 0 Å². The molecule has 0 radical (unpaired) electrons. The van der Waals surface area contributed by atoms with Crippen LogP contribution in [-0.2, 0) is 17.7 Å². The van der Waals surface area contributed by atoms with Crippen molar-refractivity contribution in [3.05, 3.63) is 52.0 Å². The molecule has 0 aliphatic carbocycles. The standard InChI is InChI=1S/C20H28N2OS/c1-3-23-16-20(9-8-19-5-4-12-24-19)10-11-22(15-20)14-18-7-6-17(2)21-13-18/h4-7,12-13H,3,8-11,14-16H2,1-2H3. The van der Waals surface area contributed by atoms with Crippen molar-refractivity contribution in [2.75, 3.05) is 26.3 Å². The van der Waals surface area contributed by atoms with E-state index in [0.717, 1.165) is 38.5 Å². The van der Waals surface area contributed by atoms with Crippen LogP contribution < -0.4 is 0 Å². The zero-order valence-corrected chi connectivity index (χ0v) is 15.6. The van der Waals surface area contributed by atoms with Gasteiger partial charge in [0.2, 0.25) is 0 Å². The highest BCUT2D eigenvalue weighted by Crippen LogP contribution is 2.36. The highest BCUT2D eigenvalue weighted by atomic mass is 32.1. The van der Waals surface area contributed by atoms with Crippen LogP contribution in [0, 0.1) is 12.3 Å². The Hall–Kier alpha value is -1.23. The average Bonchev–Trinajstić information content (AvgIpc) is 3.24. The summed E-state index contributed by atoms with van der Waals surface area (Å²) in [7, 11) is 0. The lowest BCUT2D eigenvalue weighted by Crippen LogP contribution is -2.32. The van der Waals surface area contributed by atoms with Gasteiger partial charge in [-0.05, 0) is 62.7 Å². The van der Waals surface area contributed by atoms with Gasteiger partial charge in [-0.3, -0.25) is 9.88 Å². The number of likely N-dealkylation sites (tertiary alicyclic amines) is 1. The normalized spacial score (nSPS) is 21.4. The fourth-order valence-corrected chi connectivity index (χ4v) is 4.28. The number of rotatable bonds is 8. The Morgan fingerprint density at radius 1 is 1.33 bits per heavy atom. The molecular formula is C20H28N2OS. The molecule has 1 aliphatic rings. The van der Waals surface area contributed by atoms with Gasteiger partial charge in [0.1, 0.15) is 0 Å². The average molecular weight is 345 g/mol. The van der Waals surface area contributed by atoms with Gasteiger partial charge < -0.3 is 4.74 Å². The quantitative estimate of drug-likeness (QED) is 0.713. The van der Waals surface area contributed by atoms with E-state index in [1.165, 1.54) is 29.7 Å². The zero-order chi connectivity index (χ0) is 16.8. The van der Waals surface area contributed by atoms with E-state index in [-0.39, 0.29) is 0 Å². The molecule has 130 valence electrons. The summed E-state index contributed by atoms with van der Waals surface area (Å²) in [6.07, 6.45) is 5.64. The summed E-state index contributed by atoms with van der Waals surface area (Å²) in [4.78, 5) is 8.49. The predicted molar refractivity (Wildman–Crippen MR) is 100 cm³/mol. The van der Waals surface area contributed by atoms with E-state index in [9.17, 15) is 0 Å². The van der Waals surface area contributed by atoms with Crippen molar-refractivity contribution in [2.24, 2.45) is 5.41 Å². The van der Waals surface area contributed by atoms with Gasteiger partial charge in [0, 0.05) is 41.9 Å². The van der Waals surface area contributed by atoms with Crippen LogP contribution in [-0.4, -0.2) is 36.2 Å². The maximum Gasteiger partial charge on any atom is 0.0535 e. The molecule has 0 N–H and O–H groups in total. The molecule has 0 aromatic carbocycles. The number of thiophene rings is 1. The van der Waals surface area contributed by atoms with Crippen molar-refractivity contribution in [1.82, 2.24) is 9.88 Å². The van der Waals surface area contributed by atoms with Gasteiger partial charge in [-0.25, -0.2) is 0 Å². The Morgan fingerprint density at radius 2 is 2.25 bits per heavy atom. The first-order valence-electron chi connectivity index (χ1n) is 8.93. The van der Waals surface area contributed by atoms with E-state index >= 15 is 0 Å². The van der Waals surface area contributed by atoms with Crippen molar-refractivity contribution >= 4 is 11.3 Å². The van der Waals surface area contributed by atoms with Crippen LogP contribution in [0.3, 0.4) is 0 Å². The van der Waals surface area contributed by atoms with Gasteiger partial charge >= 0.3 is 0 Å². The number of hydrogen-bond donors (Lipinski definition) is 0. The maximum absolute atomic E-state index is 5.87. The summed E-state index contributed by atoms with van der Waals surface area (Å²) in [5.74, 6) is 0. The molecule has 1 aliphatic heterocycles. The Bertz CT molecular complexity index is 611. The van der Waals surface area contributed by atoms with Gasteiger partial charge in [-0.15, -0.1) is 11.3 Å². The predicted octanol–water partition coefficient (Wildman–Crippen LogP) is 4.31. The van der Waals surface area contributed by atoms with E-state index in [1.54, 1.807) is 0 Å². The first-order chi connectivity index (χ1) is 11.7. The van der Waals surface area contributed by atoms with Gasteiger partial charge in [0.05, 0.1) is 6.61 Å². The molecule has 0 bridgehead atoms. The third-order valence-corrected chi connectivity index (χ3v) is 5.93. The third-order valence-electron chi connectivity index (χ3n) is 4.99. The lowest BCUT2D eigenvalue weighted by atomic mass is 9.83. The lowest BCUT2D eigenvalue weighted by Gasteiger charge is -2.29. The van der Waals surface area contributed by atoms with Gasteiger partial charge in [0.15, 0.2) is 0 Å². The molecule has 24 heavy (non-hydrogen) atoms. The van der Waals surface area contributed by atoms with E-state index in [1.807, 2.05) is 24.5 Å². The zero-order valence-electron chi connectivity index (χ0n) is 14.8. The van der Waals surface area contributed by atoms with Crippen LogP contribution in [0.2, 0.25) is 0 Å². The largest absolute Gasteiger partial charge is 0.381 e. The van der Waals surface area contributed by atoms with E-state index in [4.69, 9.17) is 4.74 Å². The fraction of sp³-hybridized carbons (Fsp3) is 0.550. The Kier molecular flexibility index (Phi) is 6.04. The molecule has 1 unspecified atom stereocenters. The van der Waals surface area contributed by atoms with Gasteiger partial charge in [-0.1, -0.05) is 12.1 Å². The summed E-state index contributed by atoms with van der Waals surface area (Å²) in [5, 5.41) is 2.18. The molecule has 2 aromatic rings. The van der Waals surface area contributed by atoms with Crippen molar-refractivity contribution in [2.45, 2.75) is 39.7 Å². The van der Waals surface area contributed by atoms with Crippen LogP contribution in [0.1, 0.15) is 35.9 Å². The number of aryl methyl sites for hydroxylation is 2. The molecular weight excluding hydrogens is 316 g/mol. The molecule has 3 nitrogen and oxygen atoms in total. The van der Waals surface area contributed by atoms with Crippen molar-refractivity contribution in [3.8, 4) is 0 Å². The fourth-order valence-electron chi connectivity index (χ4n) is 3.57. The molecule has 0 spiro atoms. The summed E-state index contributed by atoms with van der Waals surface area (Å²) in [6, 6.07) is 8.72. The topological polar surface area (TPSA) is 25.4 Å². The van der Waals surface area contributed by atoms with Gasteiger partial charge in [-0.2, -0.15) is 0 Å². The van der Waals surface area contributed by atoms with Crippen LogP contribution in [0.15, 0.2) is 35.8 Å². The lowest BCUT2D eigenvalue weighted by molar-refractivity contribution is 0.0490. The molecule has 0 saturated carbocycles. The van der Waals surface area contributed by atoms with Crippen LogP contribution in [0.5, 0.6) is 0 Å². The monoisotopic (exact) mass is 344 g/mol. The second kappa shape index (κ2) is 8.24. The molecule has 4 heteroatoms. The summed E-state index contributed by atoms with van der Waals surface area (Å²) < 4.78 is 5.87. The maximum atomic E-state index is 5.87. The Morgan fingerprint density at radius 3 is 2.96 bits per heavy atom. The number of hydrogen-bond acceptors (Lipinski definition) is 4. The first-order valence-corrected chi connectivity index (χ1v) is 9.81. The first kappa shape index (κ1) is 17.6. The minimum absolute atomic E-state index is 0.304. The minimum atomic E-state index is 0.304. The summed E-state index contributed by atoms with van der Waals surface area (Å²) >= 11 is 1.87. The molecule has 3 rings (SSSR count). The van der Waals surface area contributed by atoms with Gasteiger partial charge in [0.25, 0.3) is 0 Å². The van der Waals surface area contributed by atoms with E-state index in [2.05, 4.69) is 46.5 Å². The number of ether oxygens (including phenoxy) is 1. The smallest absolute Gasteiger partial charge is 0.0535 e. The number of pyridine rings is 1. The van der Waals surface area contributed by atoms with Crippen LogP contribution in [0.25, 0.3) is 0 Å². The number of aromatic nitrogens is 1. The van der Waals surface area contributed by atoms with Crippen LogP contribution in [0.4, 0.5) is 0 Å².